The lowest BCUT2D eigenvalue weighted by atomic mass is 10.1. The number of aliphatic hydroxyl groups is 1. The fourth-order valence-corrected chi connectivity index (χ4v) is 3.21. The molecule has 1 atom stereocenters. The first-order chi connectivity index (χ1) is 9.20. The Balaban J connectivity index is 2.12. The molecular formula is C15H18FNOS. The second-order valence-electron chi connectivity index (χ2n) is 4.67. The highest BCUT2D eigenvalue weighted by atomic mass is 32.2. The number of hydrogen-bond acceptors (Lipinski definition) is 3. The Bertz CT molecular complexity index is 495. The zero-order valence-corrected chi connectivity index (χ0v) is 11.8. The van der Waals surface area contributed by atoms with Crippen molar-refractivity contribution >= 4 is 11.8 Å². The molecule has 19 heavy (non-hydrogen) atoms. The van der Waals surface area contributed by atoms with Crippen molar-refractivity contribution < 1.29 is 9.50 Å². The smallest absolute Gasteiger partial charge is 0.138 e. The minimum atomic E-state index is -0.327. The van der Waals surface area contributed by atoms with Crippen LogP contribution in [0.25, 0.3) is 0 Å². The fraction of sp³-hybridized carbons (Fsp3) is 0.467. The zero-order valence-electron chi connectivity index (χ0n) is 11.0. The van der Waals surface area contributed by atoms with E-state index in [4.69, 9.17) is 5.11 Å². The normalized spacial score (nSPS) is 19.8. The van der Waals surface area contributed by atoms with Gasteiger partial charge in [-0.1, -0.05) is 17.9 Å². The van der Waals surface area contributed by atoms with Crippen LogP contribution in [-0.2, 0) is 6.54 Å². The average molecular weight is 279 g/mol. The van der Waals surface area contributed by atoms with E-state index in [0.717, 1.165) is 30.2 Å². The lowest BCUT2D eigenvalue weighted by Crippen LogP contribution is -2.39. The predicted octanol–water partition coefficient (Wildman–Crippen LogP) is 2.11. The highest BCUT2D eigenvalue weighted by Crippen LogP contribution is 2.19. The van der Waals surface area contributed by atoms with Gasteiger partial charge in [0.1, 0.15) is 12.4 Å². The van der Waals surface area contributed by atoms with E-state index in [1.807, 2.05) is 17.8 Å². The van der Waals surface area contributed by atoms with Crippen LogP contribution in [-0.4, -0.2) is 40.7 Å². The Hall–Kier alpha value is -1.02. The maximum atomic E-state index is 13.5. The van der Waals surface area contributed by atoms with Crippen molar-refractivity contribution in [3.63, 3.8) is 0 Å². The molecule has 1 N–H and O–H groups in total. The van der Waals surface area contributed by atoms with Gasteiger partial charge in [0.25, 0.3) is 0 Å². The van der Waals surface area contributed by atoms with Crippen LogP contribution in [0.2, 0.25) is 0 Å². The molecule has 102 valence electrons. The van der Waals surface area contributed by atoms with E-state index in [-0.39, 0.29) is 12.4 Å². The molecule has 0 aliphatic carbocycles. The number of thioether (sulfide) groups is 1. The highest BCUT2D eigenvalue weighted by Gasteiger charge is 2.18. The standard InChI is InChI=1S/C15H18FNOS/c1-12-11-19-8-6-17(12)10-13-4-5-15(16)14(9-13)3-2-7-18/h4-5,9,12,18H,6-8,10-11H2,1H3. The van der Waals surface area contributed by atoms with Gasteiger partial charge < -0.3 is 5.11 Å². The first-order valence-electron chi connectivity index (χ1n) is 6.40. The molecule has 1 aromatic carbocycles. The highest BCUT2D eigenvalue weighted by molar-refractivity contribution is 7.99. The Labute approximate surface area is 118 Å². The average Bonchev–Trinajstić information content (AvgIpc) is 2.42. The third kappa shape index (κ3) is 3.97. The van der Waals surface area contributed by atoms with Gasteiger partial charge in [-0.15, -0.1) is 0 Å². The van der Waals surface area contributed by atoms with Crippen LogP contribution in [0.15, 0.2) is 18.2 Å². The molecule has 0 aromatic heterocycles. The lowest BCUT2D eigenvalue weighted by molar-refractivity contribution is 0.224. The van der Waals surface area contributed by atoms with E-state index in [2.05, 4.69) is 23.7 Å². The summed E-state index contributed by atoms with van der Waals surface area (Å²) in [6.45, 7) is 3.88. The summed E-state index contributed by atoms with van der Waals surface area (Å²) in [5.41, 5.74) is 1.44. The van der Waals surface area contributed by atoms with Crippen LogP contribution >= 0.6 is 11.8 Å². The SMILES string of the molecule is CC1CSCCN1Cc1ccc(F)c(C#CCO)c1. The topological polar surface area (TPSA) is 23.5 Å². The largest absolute Gasteiger partial charge is 0.384 e. The van der Waals surface area contributed by atoms with Gasteiger partial charge >= 0.3 is 0 Å². The van der Waals surface area contributed by atoms with E-state index in [9.17, 15) is 4.39 Å². The second kappa shape index (κ2) is 6.95. The van der Waals surface area contributed by atoms with Crippen LogP contribution < -0.4 is 0 Å². The van der Waals surface area contributed by atoms with Crippen molar-refractivity contribution in [2.45, 2.75) is 19.5 Å². The molecule has 1 unspecified atom stereocenters. The molecule has 4 heteroatoms. The van der Waals surface area contributed by atoms with Gasteiger partial charge in [0.2, 0.25) is 0 Å². The van der Waals surface area contributed by atoms with Gasteiger partial charge in [-0.05, 0) is 24.6 Å². The first kappa shape index (κ1) is 14.4. The zero-order chi connectivity index (χ0) is 13.7. The Morgan fingerprint density at radius 2 is 2.37 bits per heavy atom. The predicted molar refractivity (Wildman–Crippen MR) is 77.6 cm³/mol. The van der Waals surface area contributed by atoms with Crippen molar-refractivity contribution in [3.05, 3.63) is 35.1 Å². The maximum absolute atomic E-state index is 13.5. The summed E-state index contributed by atoms with van der Waals surface area (Å²) in [6, 6.07) is 5.61. The van der Waals surface area contributed by atoms with Crippen molar-refractivity contribution in [2.24, 2.45) is 0 Å². The molecule has 0 saturated carbocycles. The van der Waals surface area contributed by atoms with Crippen LogP contribution in [0.1, 0.15) is 18.1 Å². The third-order valence-electron chi connectivity index (χ3n) is 3.22. The van der Waals surface area contributed by atoms with E-state index in [1.54, 1.807) is 6.07 Å². The van der Waals surface area contributed by atoms with Crippen molar-refractivity contribution in [1.29, 1.82) is 0 Å². The first-order valence-corrected chi connectivity index (χ1v) is 7.56. The van der Waals surface area contributed by atoms with Gasteiger partial charge in [-0.25, -0.2) is 4.39 Å². The van der Waals surface area contributed by atoms with Crippen LogP contribution in [0.4, 0.5) is 4.39 Å². The van der Waals surface area contributed by atoms with Crippen molar-refractivity contribution in [2.75, 3.05) is 24.7 Å². The quantitative estimate of drug-likeness (QED) is 0.839. The summed E-state index contributed by atoms with van der Waals surface area (Å²) in [7, 11) is 0. The number of halogens is 1. The summed E-state index contributed by atoms with van der Waals surface area (Å²) < 4.78 is 13.5. The van der Waals surface area contributed by atoms with Gasteiger partial charge in [-0.2, -0.15) is 11.8 Å². The monoisotopic (exact) mass is 279 g/mol. The molecular weight excluding hydrogens is 261 g/mol. The minimum absolute atomic E-state index is 0.246. The van der Waals surface area contributed by atoms with Gasteiger partial charge in [0.05, 0.1) is 5.56 Å². The molecule has 1 aromatic rings. The number of rotatable bonds is 2. The molecule has 0 amide bonds. The third-order valence-corrected chi connectivity index (χ3v) is 4.41. The van der Waals surface area contributed by atoms with Crippen LogP contribution in [0.5, 0.6) is 0 Å². The minimum Gasteiger partial charge on any atom is -0.384 e. The summed E-state index contributed by atoms with van der Waals surface area (Å²) in [4.78, 5) is 2.41. The molecule has 0 spiro atoms. The molecule has 2 nitrogen and oxygen atoms in total. The summed E-state index contributed by atoms with van der Waals surface area (Å²) in [5.74, 6) is 7.13. The number of benzene rings is 1. The molecule has 0 bridgehead atoms. The summed E-state index contributed by atoms with van der Waals surface area (Å²) >= 11 is 1.98. The van der Waals surface area contributed by atoms with Crippen LogP contribution in [0.3, 0.4) is 0 Å². The van der Waals surface area contributed by atoms with E-state index in [0.29, 0.717) is 11.6 Å². The number of aliphatic hydroxyl groups excluding tert-OH is 1. The summed E-state index contributed by atoms with van der Waals surface area (Å²) in [5, 5.41) is 8.68. The molecule has 1 heterocycles. The molecule has 1 aliphatic rings. The van der Waals surface area contributed by atoms with Gasteiger partial charge in [-0.3, -0.25) is 4.90 Å². The van der Waals surface area contributed by atoms with Crippen molar-refractivity contribution in [3.8, 4) is 11.8 Å². The van der Waals surface area contributed by atoms with Crippen LogP contribution in [0, 0.1) is 17.7 Å². The summed E-state index contributed by atoms with van der Waals surface area (Å²) in [6.07, 6.45) is 0. The maximum Gasteiger partial charge on any atom is 0.138 e. The Morgan fingerprint density at radius 1 is 1.53 bits per heavy atom. The molecule has 2 rings (SSSR count). The van der Waals surface area contributed by atoms with Crippen molar-refractivity contribution in [1.82, 2.24) is 4.90 Å². The second-order valence-corrected chi connectivity index (χ2v) is 5.82. The van der Waals surface area contributed by atoms with E-state index < -0.39 is 0 Å². The Morgan fingerprint density at radius 3 is 3.11 bits per heavy atom. The van der Waals surface area contributed by atoms with Gasteiger partial charge in [0.15, 0.2) is 0 Å². The van der Waals surface area contributed by atoms with Gasteiger partial charge in [0, 0.05) is 30.6 Å². The van der Waals surface area contributed by atoms with E-state index in [1.165, 1.54) is 6.07 Å². The Kier molecular flexibility index (Phi) is 5.26. The molecule has 1 saturated heterocycles. The molecule has 1 aliphatic heterocycles. The number of nitrogens with zero attached hydrogens (tertiary/aromatic N) is 1. The molecule has 0 radical (unpaired) electrons. The fourth-order valence-electron chi connectivity index (χ4n) is 2.13. The molecule has 1 fully saturated rings. The number of hydrogen-bond donors (Lipinski definition) is 1. The van der Waals surface area contributed by atoms with E-state index >= 15 is 0 Å². The lowest BCUT2D eigenvalue weighted by Gasteiger charge is -2.33.